The summed E-state index contributed by atoms with van der Waals surface area (Å²) in [6, 6.07) is 0. The van der Waals surface area contributed by atoms with Crippen LogP contribution in [0.25, 0.3) is 0 Å². The summed E-state index contributed by atoms with van der Waals surface area (Å²) in [5.41, 5.74) is 0. The first-order valence-corrected chi connectivity index (χ1v) is 28.6. The highest BCUT2D eigenvalue weighted by molar-refractivity contribution is 5.74. The van der Waals surface area contributed by atoms with E-state index in [0.29, 0.717) is 19.3 Å². The molecule has 12 heteroatoms. The average molecular weight is 1000 g/mol. The molecule has 0 aliphatic carbocycles. The van der Waals surface area contributed by atoms with E-state index in [1.807, 2.05) is 0 Å². The Morgan fingerprint density at radius 3 is 1.35 bits per heavy atom. The fourth-order valence-electron chi connectivity index (χ4n) is 8.44. The molecule has 1 fully saturated rings. The largest absolute Gasteiger partial charge is 0.479 e. The van der Waals surface area contributed by atoms with Gasteiger partial charge >= 0.3 is 23.9 Å². The number of carbonyl (C=O) groups is 4. The van der Waals surface area contributed by atoms with Crippen LogP contribution < -0.4 is 0 Å². The molecule has 0 bridgehead atoms. The van der Waals surface area contributed by atoms with Crippen LogP contribution in [0.3, 0.4) is 0 Å². The molecule has 0 radical (unpaired) electrons. The lowest BCUT2D eigenvalue weighted by Crippen LogP contribution is -2.61. The minimum Gasteiger partial charge on any atom is -0.479 e. The molecule has 410 valence electrons. The normalized spacial score (nSPS) is 18.8. The average Bonchev–Trinajstić information content (AvgIpc) is 3.35. The van der Waals surface area contributed by atoms with Crippen molar-refractivity contribution in [3.63, 3.8) is 0 Å². The second kappa shape index (κ2) is 47.7. The molecule has 0 saturated carbocycles. The van der Waals surface area contributed by atoms with Crippen LogP contribution in [0.1, 0.15) is 252 Å². The highest BCUT2D eigenvalue weighted by Crippen LogP contribution is 2.26. The molecule has 1 saturated heterocycles. The van der Waals surface area contributed by atoms with E-state index in [-0.39, 0.29) is 25.9 Å². The van der Waals surface area contributed by atoms with Crippen LogP contribution in [0.15, 0.2) is 48.6 Å². The van der Waals surface area contributed by atoms with E-state index >= 15 is 0 Å². The lowest BCUT2D eigenvalue weighted by atomic mass is 9.98. The molecule has 6 unspecified atom stereocenters. The van der Waals surface area contributed by atoms with E-state index in [1.165, 1.54) is 70.6 Å². The van der Waals surface area contributed by atoms with Crippen LogP contribution in [0, 0.1) is 0 Å². The van der Waals surface area contributed by atoms with Crippen molar-refractivity contribution in [1.29, 1.82) is 0 Å². The Labute approximate surface area is 431 Å². The molecule has 71 heavy (non-hydrogen) atoms. The maximum atomic E-state index is 13.1. The summed E-state index contributed by atoms with van der Waals surface area (Å²) in [6.45, 7) is 5.87. The summed E-state index contributed by atoms with van der Waals surface area (Å²) >= 11 is 0. The SMILES string of the molecule is CCC/C=C\C/C=C\CCCCCCCC(=O)OC(COC(=O)CCCCCCC/C=C\C/C=C\CCCCC)COC1OC(C(=O)O)C(O)C(O)C1OC(=O)CCCCCCCCCCCCCCC. The summed E-state index contributed by atoms with van der Waals surface area (Å²) in [5.74, 6) is -3.14. The van der Waals surface area contributed by atoms with Gasteiger partial charge in [-0.1, -0.05) is 204 Å². The Hall–Kier alpha value is -3.32. The van der Waals surface area contributed by atoms with E-state index in [2.05, 4.69) is 69.4 Å². The van der Waals surface area contributed by atoms with Gasteiger partial charge in [-0.3, -0.25) is 14.4 Å². The quantitative estimate of drug-likeness (QED) is 0.0228. The van der Waals surface area contributed by atoms with Crippen LogP contribution >= 0.6 is 0 Å². The Morgan fingerprint density at radius 2 is 0.873 bits per heavy atom. The third-order valence-corrected chi connectivity index (χ3v) is 12.9. The van der Waals surface area contributed by atoms with Gasteiger partial charge in [-0.05, 0) is 77.0 Å². The first-order valence-electron chi connectivity index (χ1n) is 28.6. The summed E-state index contributed by atoms with van der Waals surface area (Å²) in [4.78, 5) is 51.0. The van der Waals surface area contributed by atoms with Gasteiger partial charge in [0.25, 0.3) is 0 Å². The number of ether oxygens (including phenoxy) is 5. The molecule has 0 spiro atoms. The molecule has 12 nitrogen and oxygen atoms in total. The van der Waals surface area contributed by atoms with Gasteiger partial charge < -0.3 is 39.0 Å². The zero-order valence-corrected chi connectivity index (χ0v) is 45.0. The molecule has 0 amide bonds. The van der Waals surface area contributed by atoms with Crippen LogP contribution in [0.5, 0.6) is 0 Å². The number of hydrogen-bond donors (Lipinski definition) is 3. The highest BCUT2D eigenvalue weighted by atomic mass is 16.7. The van der Waals surface area contributed by atoms with Gasteiger partial charge in [0.15, 0.2) is 24.6 Å². The molecular formula is C59H102O12. The second-order valence-electron chi connectivity index (χ2n) is 19.6. The van der Waals surface area contributed by atoms with Crippen LogP contribution in [0.4, 0.5) is 0 Å². The topological polar surface area (TPSA) is 175 Å². The monoisotopic (exact) mass is 1000 g/mol. The number of carboxylic acid groups (broad SMARTS) is 1. The molecule has 1 aliphatic heterocycles. The number of hydrogen-bond acceptors (Lipinski definition) is 11. The van der Waals surface area contributed by atoms with Gasteiger partial charge in [0, 0.05) is 19.3 Å². The van der Waals surface area contributed by atoms with Gasteiger partial charge in [-0.25, -0.2) is 4.79 Å². The van der Waals surface area contributed by atoms with Gasteiger partial charge in [0.1, 0.15) is 18.8 Å². The number of aliphatic carboxylic acids is 1. The molecule has 3 N–H and O–H groups in total. The molecule has 0 aromatic carbocycles. The van der Waals surface area contributed by atoms with Gasteiger partial charge in [0.05, 0.1) is 6.61 Å². The number of rotatable bonds is 48. The first kappa shape index (κ1) is 65.7. The van der Waals surface area contributed by atoms with E-state index in [1.54, 1.807) is 0 Å². The smallest absolute Gasteiger partial charge is 0.335 e. The van der Waals surface area contributed by atoms with Crippen LogP contribution in [-0.2, 0) is 42.9 Å². The number of carboxylic acids is 1. The molecule has 0 aromatic heterocycles. The molecule has 1 rings (SSSR count). The Balaban J connectivity index is 2.72. The number of aliphatic hydroxyl groups excluding tert-OH is 2. The van der Waals surface area contributed by atoms with Crippen molar-refractivity contribution < 1.29 is 58.2 Å². The van der Waals surface area contributed by atoms with E-state index in [4.69, 9.17) is 23.7 Å². The first-order chi connectivity index (χ1) is 34.6. The molecule has 1 heterocycles. The van der Waals surface area contributed by atoms with Crippen molar-refractivity contribution in [3.05, 3.63) is 48.6 Å². The van der Waals surface area contributed by atoms with Crippen molar-refractivity contribution in [3.8, 4) is 0 Å². The summed E-state index contributed by atoms with van der Waals surface area (Å²) in [6.07, 6.45) is 43.7. The molecule has 0 aromatic rings. The lowest BCUT2D eigenvalue weighted by Gasteiger charge is -2.40. The molecular weight excluding hydrogens is 901 g/mol. The lowest BCUT2D eigenvalue weighted by molar-refractivity contribution is -0.301. The highest BCUT2D eigenvalue weighted by Gasteiger charge is 2.50. The van der Waals surface area contributed by atoms with Crippen molar-refractivity contribution in [2.75, 3.05) is 13.2 Å². The van der Waals surface area contributed by atoms with Crippen LogP contribution in [0.2, 0.25) is 0 Å². The zero-order valence-electron chi connectivity index (χ0n) is 45.0. The maximum Gasteiger partial charge on any atom is 0.335 e. The third kappa shape index (κ3) is 38.0. The Morgan fingerprint density at radius 1 is 0.465 bits per heavy atom. The fourth-order valence-corrected chi connectivity index (χ4v) is 8.44. The standard InChI is InChI=1S/C59H102O12/c1-4-7-10-13-16-19-22-25-26-29-30-33-36-39-42-45-51(60)67-48-50(69-52(61)46-43-40-37-34-31-27-23-20-17-14-11-8-5-2)49-68-59-57(55(64)54(63)56(71-59)58(65)66)70-53(62)47-44-41-38-35-32-28-24-21-18-15-12-9-6-3/h11,14,16,19-20,23,25-26,50,54-57,59,63-64H,4-10,12-13,15,17-18,21-22,24,27-49H2,1-3H3,(H,65,66)/b14-11-,19-16-,23-20-,26-25-. The van der Waals surface area contributed by atoms with Crippen molar-refractivity contribution in [2.45, 2.75) is 289 Å². The van der Waals surface area contributed by atoms with E-state index < -0.39 is 67.3 Å². The van der Waals surface area contributed by atoms with E-state index in [9.17, 15) is 34.5 Å². The zero-order chi connectivity index (χ0) is 51.8. The molecule has 6 atom stereocenters. The summed E-state index contributed by atoms with van der Waals surface area (Å²) < 4.78 is 28.4. The minimum atomic E-state index is -1.90. The predicted molar refractivity (Wildman–Crippen MR) is 285 cm³/mol. The predicted octanol–water partition coefficient (Wildman–Crippen LogP) is 14.2. The number of allylic oxidation sites excluding steroid dienone is 8. The summed E-state index contributed by atoms with van der Waals surface area (Å²) in [5, 5.41) is 31.4. The number of esters is 3. The Bertz CT molecular complexity index is 1420. The van der Waals surface area contributed by atoms with Crippen LogP contribution in [-0.4, -0.2) is 89.2 Å². The minimum absolute atomic E-state index is 0.0606. The second-order valence-corrected chi connectivity index (χ2v) is 19.6. The number of carbonyl (C=O) groups excluding carboxylic acids is 3. The van der Waals surface area contributed by atoms with Gasteiger partial charge in [-0.15, -0.1) is 0 Å². The molecule has 1 aliphatic rings. The van der Waals surface area contributed by atoms with Gasteiger partial charge in [0.2, 0.25) is 0 Å². The maximum absolute atomic E-state index is 13.1. The number of unbranched alkanes of at least 4 members (excludes halogenated alkanes) is 26. The number of aliphatic hydroxyl groups is 2. The fraction of sp³-hybridized carbons (Fsp3) is 0.797. The van der Waals surface area contributed by atoms with Crippen molar-refractivity contribution in [2.24, 2.45) is 0 Å². The van der Waals surface area contributed by atoms with E-state index in [0.717, 1.165) is 122 Å². The van der Waals surface area contributed by atoms with Crippen molar-refractivity contribution in [1.82, 2.24) is 0 Å². The van der Waals surface area contributed by atoms with Crippen molar-refractivity contribution >= 4 is 23.9 Å². The van der Waals surface area contributed by atoms with Gasteiger partial charge in [-0.2, -0.15) is 0 Å². The Kier molecular flexibility index (Phi) is 44.1. The summed E-state index contributed by atoms with van der Waals surface area (Å²) in [7, 11) is 0. The third-order valence-electron chi connectivity index (χ3n) is 12.9.